The van der Waals surface area contributed by atoms with E-state index < -0.39 is 0 Å². The van der Waals surface area contributed by atoms with Crippen LogP contribution in [0.3, 0.4) is 0 Å². The first-order valence-electron chi connectivity index (χ1n) is 4.02. The summed E-state index contributed by atoms with van der Waals surface area (Å²) in [6, 6.07) is 7.32. The number of nitrogens with zero attached hydrogens (tertiary/aromatic N) is 3. The van der Waals surface area contributed by atoms with Crippen LogP contribution in [0.25, 0.3) is 5.69 Å². The molecule has 14 heavy (non-hydrogen) atoms. The molecule has 1 heterocycles. The van der Waals surface area contributed by atoms with Gasteiger partial charge in [-0.1, -0.05) is 28.4 Å². The average molecular weight is 228 g/mol. The first kappa shape index (κ1) is 9.49. The second-order valence-electron chi connectivity index (χ2n) is 2.85. The molecule has 2 aromatic rings. The molecule has 0 fully saturated rings. The summed E-state index contributed by atoms with van der Waals surface area (Å²) < 4.78 is 1.67. The van der Waals surface area contributed by atoms with Crippen molar-refractivity contribution < 1.29 is 0 Å². The maximum atomic E-state index is 5.79. The Morgan fingerprint density at radius 1 is 1.14 bits per heavy atom. The predicted molar refractivity (Wildman–Crippen MR) is 56.1 cm³/mol. The third kappa shape index (κ3) is 1.61. The minimum atomic E-state index is 0.417. The molecule has 1 aromatic carbocycles. The van der Waals surface area contributed by atoms with Gasteiger partial charge in [-0.05, 0) is 31.2 Å². The van der Waals surface area contributed by atoms with Crippen LogP contribution in [0.15, 0.2) is 24.3 Å². The van der Waals surface area contributed by atoms with Crippen LogP contribution < -0.4 is 0 Å². The molecule has 0 spiro atoms. The molecular formula is C9H7Cl2N3. The van der Waals surface area contributed by atoms with E-state index in [9.17, 15) is 0 Å². The normalized spacial score (nSPS) is 10.5. The maximum absolute atomic E-state index is 5.79. The van der Waals surface area contributed by atoms with Crippen LogP contribution >= 0.6 is 23.2 Å². The van der Waals surface area contributed by atoms with Crippen molar-refractivity contribution in [3.63, 3.8) is 0 Å². The van der Waals surface area contributed by atoms with E-state index in [0.29, 0.717) is 10.2 Å². The highest BCUT2D eigenvalue weighted by Gasteiger charge is 2.06. The quantitative estimate of drug-likeness (QED) is 0.751. The average Bonchev–Trinajstić information content (AvgIpc) is 2.50. The topological polar surface area (TPSA) is 30.7 Å². The molecule has 0 amide bonds. The summed E-state index contributed by atoms with van der Waals surface area (Å²) in [6.45, 7) is 1.86. The number of rotatable bonds is 1. The Hall–Kier alpha value is -1.06. The summed E-state index contributed by atoms with van der Waals surface area (Å²) >= 11 is 11.6. The van der Waals surface area contributed by atoms with E-state index in [1.54, 1.807) is 16.8 Å². The fourth-order valence-corrected chi connectivity index (χ4v) is 1.38. The molecule has 3 nitrogen and oxygen atoms in total. The van der Waals surface area contributed by atoms with Crippen LogP contribution in [-0.2, 0) is 0 Å². The summed E-state index contributed by atoms with van der Waals surface area (Å²) in [4.78, 5) is 0. The van der Waals surface area contributed by atoms with Gasteiger partial charge in [0.15, 0.2) is 5.15 Å². The van der Waals surface area contributed by atoms with Crippen molar-refractivity contribution in [1.29, 1.82) is 0 Å². The summed E-state index contributed by atoms with van der Waals surface area (Å²) in [5, 5.41) is 8.78. The van der Waals surface area contributed by atoms with E-state index in [2.05, 4.69) is 10.3 Å². The van der Waals surface area contributed by atoms with Gasteiger partial charge in [-0.2, -0.15) is 0 Å². The highest BCUT2D eigenvalue weighted by Crippen LogP contribution is 2.17. The Bertz CT molecular complexity index is 448. The Balaban J connectivity index is 2.49. The number of benzene rings is 1. The van der Waals surface area contributed by atoms with E-state index in [0.717, 1.165) is 11.4 Å². The van der Waals surface area contributed by atoms with Gasteiger partial charge in [-0.15, -0.1) is 5.10 Å². The lowest BCUT2D eigenvalue weighted by Gasteiger charge is -2.01. The lowest BCUT2D eigenvalue weighted by atomic mass is 10.3. The molecule has 0 aliphatic carbocycles. The molecular weight excluding hydrogens is 221 g/mol. The highest BCUT2D eigenvalue weighted by atomic mass is 35.5. The Kier molecular flexibility index (Phi) is 2.44. The maximum Gasteiger partial charge on any atom is 0.174 e. The number of hydrogen-bond acceptors (Lipinski definition) is 2. The van der Waals surface area contributed by atoms with Gasteiger partial charge in [0.2, 0.25) is 0 Å². The largest absolute Gasteiger partial charge is 0.216 e. The first-order chi connectivity index (χ1) is 6.68. The van der Waals surface area contributed by atoms with E-state index in [1.165, 1.54) is 0 Å². The zero-order valence-corrected chi connectivity index (χ0v) is 8.92. The molecule has 0 saturated heterocycles. The molecule has 0 aliphatic heterocycles. The molecule has 5 heteroatoms. The predicted octanol–water partition coefficient (Wildman–Crippen LogP) is 2.88. The van der Waals surface area contributed by atoms with Crippen LogP contribution in [0.5, 0.6) is 0 Å². The van der Waals surface area contributed by atoms with E-state index >= 15 is 0 Å². The minimum Gasteiger partial charge on any atom is -0.216 e. The molecule has 0 aliphatic rings. The Morgan fingerprint density at radius 3 is 2.29 bits per heavy atom. The summed E-state index contributed by atoms with van der Waals surface area (Å²) in [7, 11) is 0. The fourth-order valence-electron chi connectivity index (χ4n) is 1.14. The zero-order valence-electron chi connectivity index (χ0n) is 7.41. The van der Waals surface area contributed by atoms with Crippen LogP contribution in [0, 0.1) is 6.92 Å². The number of aromatic nitrogens is 3. The van der Waals surface area contributed by atoms with Gasteiger partial charge in [-0.25, -0.2) is 4.68 Å². The van der Waals surface area contributed by atoms with Crippen molar-refractivity contribution in [3.05, 3.63) is 40.1 Å². The molecule has 72 valence electrons. The number of halogens is 2. The zero-order chi connectivity index (χ0) is 10.1. The molecule has 0 N–H and O–H groups in total. The standard InChI is InChI=1S/C9H7Cl2N3/c1-6-9(11)12-13-14(6)8-4-2-7(10)3-5-8/h2-5H,1H3. The third-order valence-corrected chi connectivity index (χ3v) is 2.51. The van der Waals surface area contributed by atoms with Gasteiger partial charge in [0.1, 0.15) is 0 Å². The van der Waals surface area contributed by atoms with Crippen LogP contribution in [0.4, 0.5) is 0 Å². The van der Waals surface area contributed by atoms with Crippen LogP contribution in [0.2, 0.25) is 10.2 Å². The molecule has 0 atom stereocenters. The van der Waals surface area contributed by atoms with Crippen molar-refractivity contribution in [2.45, 2.75) is 6.92 Å². The van der Waals surface area contributed by atoms with E-state index in [4.69, 9.17) is 23.2 Å². The van der Waals surface area contributed by atoms with Gasteiger partial charge >= 0.3 is 0 Å². The summed E-state index contributed by atoms with van der Waals surface area (Å²) in [5.41, 5.74) is 1.71. The van der Waals surface area contributed by atoms with Crippen LogP contribution in [-0.4, -0.2) is 15.0 Å². The lowest BCUT2D eigenvalue weighted by Crippen LogP contribution is -1.98. The van der Waals surface area contributed by atoms with Crippen molar-refractivity contribution in [2.75, 3.05) is 0 Å². The van der Waals surface area contributed by atoms with Crippen molar-refractivity contribution in [2.24, 2.45) is 0 Å². The molecule has 0 bridgehead atoms. The van der Waals surface area contributed by atoms with E-state index in [-0.39, 0.29) is 0 Å². The van der Waals surface area contributed by atoms with Crippen LogP contribution in [0.1, 0.15) is 5.69 Å². The molecule has 1 aromatic heterocycles. The second-order valence-corrected chi connectivity index (χ2v) is 3.65. The minimum absolute atomic E-state index is 0.417. The molecule has 0 unspecified atom stereocenters. The van der Waals surface area contributed by atoms with Crippen molar-refractivity contribution in [3.8, 4) is 5.69 Å². The van der Waals surface area contributed by atoms with Gasteiger partial charge in [0.05, 0.1) is 11.4 Å². The lowest BCUT2D eigenvalue weighted by molar-refractivity contribution is 0.785. The molecule has 0 saturated carbocycles. The van der Waals surface area contributed by atoms with Gasteiger partial charge in [0, 0.05) is 5.02 Å². The van der Waals surface area contributed by atoms with Gasteiger partial charge < -0.3 is 0 Å². The first-order valence-corrected chi connectivity index (χ1v) is 4.78. The third-order valence-electron chi connectivity index (χ3n) is 1.91. The number of hydrogen-bond donors (Lipinski definition) is 0. The summed E-state index contributed by atoms with van der Waals surface area (Å²) in [5.74, 6) is 0. The highest BCUT2D eigenvalue weighted by molar-refractivity contribution is 6.30. The Morgan fingerprint density at radius 2 is 1.79 bits per heavy atom. The fraction of sp³-hybridized carbons (Fsp3) is 0.111. The summed E-state index contributed by atoms with van der Waals surface area (Å²) in [6.07, 6.45) is 0. The SMILES string of the molecule is Cc1c(Cl)nnn1-c1ccc(Cl)cc1. The molecule has 0 radical (unpaired) electrons. The smallest absolute Gasteiger partial charge is 0.174 e. The van der Waals surface area contributed by atoms with Gasteiger partial charge in [0.25, 0.3) is 0 Å². The van der Waals surface area contributed by atoms with Crippen molar-refractivity contribution in [1.82, 2.24) is 15.0 Å². The molecule has 2 rings (SSSR count). The van der Waals surface area contributed by atoms with E-state index in [1.807, 2.05) is 19.1 Å². The monoisotopic (exact) mass is 227 g/mol. The van der Waals surface area contributed by atoms with Gasteiger partial charge in [-0.3, -0.25) is 0 Å². The second kappa shape index (κ2) is 3.59. The van der Waals surface area contributed by atoms with Crippen molar-refractivity contribution >= 4 is 23.2 Å². The Labute approximate surface area is 91.3 Å².